The molecule has 0 amide bonds. The van der Waals surface area contributed by atoms with Crippen molar-refractivity contribution in [1.82, 2.24) is 5.32 Å². The summed E-state index contributed by atoms with van der Waals surface area (Å²) in [7, 11) is 0. The lowest BCUT2D eigenvalue weighted by Gasteiger charge is -2.39. The molecule has 0 saturated carbocycles. The Morgan fingerprint density at radius 2 is 1.85 bits per heavy atom. The van der Waals surface area contributed by atoms with Crippen molar-refractivity contribution in [3.63, 3.8) is 0 Å². The molecule has 0 bridgehead atoms. The largest absolute Gasteiger partial charge is 0.460 e. The fourth-order valence-electron chi connectivity index (χ4n) is 3.96. The van der Waals surface area contributed by atoms with Crippen molar-refractivity contribution < 1.29 is 14.3 Å². The topological polar surface area (TPSA) is 55.4 Å². The Balaban J connectivity index is 2.14. The lowest BCUT2D eigenvalue weighted by atomic mass is 9.68. The maximum Gasteiger partial charge on any atom is 0.337 e. The molecule has 4 nitrogen and oxygen atoms in total. The van der Waals surface area contributed by atoms with Gasteiger partial charge in [0.25, 0.3) is 0 Å². The first-order valence-electron chi connectivity index (χ1n) is 9.19. The number of benzene rings is 1. The van der Waals surface area contributed by atoms with E-state index in [9.17, 15) is 9.59 Å². The molecular weight excluding hydrogens is 326 g/mol. The number of dihydropyridines is 1. The third-order valence-electron chi connectivity index (χ3n) is 4.94. The second-order valence-corrected chi connectivity index (χ2v) is 8.29. The van der Waals surface area contributed by atoms with E-state index < -0.39 is 0 Å². The van der Waals surface area contributed by atoms with Crippen LogP contribution in [0, 0.1) is 5.41 Å². The zero-order valence-electron chi connectivity index (χ0n) is 16.2. The number of carbonyl (C=O) groups excluding carboxylic acids is 2. The molecule has 1 aliphatic heterocycles. The van der Waals surface area contributed by atoms with E-state index in [1.54, 1.807) is 0 Å². The molecule has 0 spiro atoms. The summed E-state index contributed by atoms with van der Waals surface area (Å²) in [5.41, 5.74) is 3.84. The Morgan fingerprint density at radius 1 is 1.19 bits per heavy atom. The van der Waals surface area contributed by atoms with Crippen LogP contribution in [0.3, 0.4) is 0 Å². The van der Waals surface area contributed by atoms with Gasteiger partial charge < -0.3 is 10.1 Å². The molecule has 1 atom stereocenters. The minimum Gasteiger partial charge on any atom is -0.460 e. The molecule has 0 radical (unpaired) electrons. The third kappa shape index (κ3) is 3.46. The van der Waals surface area contributed by atoms with Gasteiger partial charge in [-0.25, -0.2) is 4.79 Å². The van der Waals surface area contributed by atoms with Crippen molar-refractivity contribution in [1.29, 1.82) is 0 Å². The van der Waals surface area contributed by atoms with Crippen molar-refractivity contribution in [3.05, 3.63) is 58.4 Å². The van der Waals surface area contributed by atoms with E-state index in [1.165, 1.54) is 0 Å². The van der Waals surface area contributed by atoms with Crippen LogP contribution in [0.5, 0.6) is 0 Å². The van der Waals surface area contributed by atoms with Gasteiger partial charge in [0.15, 0.2) is 5.78 Å². The fourth-order valence-corrected chi connectivity index (χ4v) is 3.96. The minimum absolute atomic E-state index is 0.0830. The van der Waals surface area contributed by atoms with E-state index >= 15 is 0 Å². The van der Waals surface area contributed by atoms with Crippen molar-refractivity contribution in [2.75, 3.05) is 0 Å². The van der Waals surface area contributed by atoms with Crippen LogP contribution < -0.4 is 5.32 Å². The first kappa shape index (κ1) is 18.4. The molecule has 0 fully saturated rings. The number of ether oxygens (including phenoxy) is 1. The summed E-state index contributed by atoms with van der Waals surface area (Å²) in [6, 6.07) is 9.77. The molecule has 26 heavy (non-hydrogen) atoms. The molecule has 1 unspecified atom stereocenters. The van der Waals surface area contributed by atoms with Crippen molar-refractivity contribution >= 4 is 11.8 Å². The SMILES string of the molecule is CC1=C(C(=O)OC(C)C)C(c2ccccc2)C2=C(CC(C)(C)CC2=O)N1. The lowest BCUT2D eigenvalue weighted by molar-refractivity contribution is -0.143. The molecule has 138 valence electrons. The summed E-state index contributed by atoms with van der Waals surface area (Å²) in [6.45, 7) is 9.77. The summed E-state index contributed by atoms with van der Waals surface area (Å²) >= 11 is 0. The van der Waals surface area contributed by atoms with Gasteiger partial charge in [-0.2, -0.15) is 0 Å². The number of hydrogen-bond acceptors (Lipinski definition) is 4. The van der Waals surface area contributed by atoms with Crippen LogP contribution in [-0.4, -0.2) is 17.9 Å². The predicted molar refractivity (Wildman–Crippen MR) is 101 cm³/mol. The number of rotatable bonds is 3. The Kier molecular flexibility index (Phi) is 4.78. The average Bonchev–Trinajstić information content (AvgIpc) is 2.52. The monoisotopic (exact) mass is 353 g/mol. The van der Waals surface area contributed by atoms with Gasteiger partial charge in [-0.1, -0.05) is 44.2 Å². The molecule has 1 N–H and O–H groups in total. The average molecular weight is 353 g/mol. The summed E-state index contributed by atoms with van der Waals surface area (Å²) in [5, 5.41) is 3.35. The van der Waals surface area contributed by atoms with E-state index in [1.807, 2.05) is 51.1 Å². The molecular formula is C22H27NO3. The van der Waals surface area contributed by atoms with Crippen molar-refractivity contribution in [2.24, 2.45) is 5.41 Å². The summed E-state index contributed by atoms with van der Waals surface area (Å²) in [4.78, 5) is 25.9. The van der Waals surface area contributed by atoms with Gasteiger partial charge in [0, 0.05) is 29.3 Å². The maximum atomic E-state index is 13.1. The molecule has 3 rings (SSSR count). The Morgan fingerprint density at radius 3 is 2.46 bits per heavy atom. The van der Waals surface area contributed by atoms with Crippen LogP contribution >= 0.6 is 0 Å². The number of carbonyl (C=O) groups is 2. The molecule has 1 aromatic rings. The molecule has 1 aliphatic carbocycles. The van der Waals surface area contributed by atoms with Gasteiger partial charge in [0.05, 0.1) is 11.7 Å². The summed E-state index contributed by atoms with van der Waals surface area (Å²) in [5.74, 6) is -0.620. The molecule has 0 saturated heterocycles. The highest BCUT2D eigenvalue weighted by Gasteiger charge is 2.43. The summed E-state index contributed by atoms with van der Waals surface area (Å²) in [6.07, 6.45) is 1.07. The van der Waals surface area contributed by atoms with Gasteiger partial charge in [-0.05, 0) is 38.2 Å². The van der Waals surface area contributed by atoms with Crippen molar-refractivity contribution in [3.8, 4) is 0 Å². The Labute approximate surface area is 155 Å². The smallest absolute Gasteiger partial charge is 0.337 e. The standard InChI is InChI=1S/C22H27NO3/c1-13(2)26-21(25)18-14(3)23-16-11-22(4,5)12-17(24)20(16)19(18)15-9-7-6-8-10-15/h6-10,13,19,23H,11-12H2,1-5H3. The number of ketones is 1. The van der Waals surface area contributed by atoms with Gasteiger partial charge in [-0.15, -0.1) is 0 Å². The third-order valence-corrected chi connectivity index (χ3v) is 4.94. The quantitative estimate of drug-likeness (QED) is 0.826. The van der Waals surface area contributed by atoms with Crippen LogP contribution in [0.4, 0.5) is 0 Å². The van der Waals surface area contributed by atoms with E-state index in [4.69, 9.17) is 4.74 Å². The van der Waals surface area contributed by atoms with Gasteiger partial charge >= 0.3 is 5.97 Å². The minimum atomic E-state index is -0.373. The molecule has 1 heterocycles. The highest BCUT2D eigenvalue weighted by Crippen LogP contribution is 2.46. The number of esters is 1. The van der Waals surface area contributed by atoms with Crippen LogP contribution in [0.25, 0.3) is 0 Å². The number of hydrogen-bond donors (Lipinski definition) is 1. The molecule has 2 aliphatic rings. The molecule has 4 heteroatoms. The lowest BCUT2D eigenvalue weighted by Crippen LogP contribution is -2.39. The number of Topliss-reactive ketones (excluding diaryl/α,β-unsaturated/α-hetero) is 1. The van der Waals surface area contributed by atoms with Crippen molar-refractivity contribution in [2.45, 2.75) is 59.5 Å². The molecule has 0 aromatic heterocycles. The van der Waals surface area contributed by atoms with Gasteiger partial charge in [0.1, 0.15) is 0 Å². The first-order chi connectivity index (χ1) is 12.2. The predicted octanol–water partition coefficient (Wildman–Crippen LogP) is 4.24. The van der Waals surface area contributed by atoms with Crippen LogP contribution in [0.1, 0.15) is 58.9 Å². The van der Waals surface area contributed by atoms with Gasteiger partial charge in [-0.3, -0.25) is 4.79 Å². The van der Waals surface area contributed by atoms with Crippen LogP contribution in [0.15, 0.2) is 52.9 Å². The van der Waals surface area contributed by atoms with Crippen LogP contribution in [0.2, 0.25) is 0 Å². The number of nitrogens with one attached hydrogen (secondary N) is 1. The summed E-state index contributed by atoms with van der Waals surface area (Å²) < 4.78 is 5.50. The van der Waals surface area contributed by atoms with Crippen LogP contribution in [-0.2, 0) is 14.3 Å². The van der Waals surface area contributed by atoms with E-state index in [0.717, 1.165) is 29.0 Å². The highest BCUT2D eigenvalue weighted by atomic mass is 16.5. The second kappa shape index (κ2) is 6.75. The Bertz CT molecular complexity index is 800. The zero-order chi connectivity index (χ0) is 19.1. The first-order valence-corrected chi connectivity index (χ1v) is 9.19. The normalized spacial score (nSPS) is 22.2. The molecule has 1 aromatic carbocycles. The highest BCUT2D eigenvalue weighted by molar-refractivity contribution is 6.04. The number of allylic oxidation sites excluding steroid dienone is 3. The fraction of sp³-hybridized carbons (Fsp3) is 0.455. The van der Waals surface area contributed by atoms with E-state index in [-0.39, 0.29) is 29.2 Å². The van der Waals surface area contributed by atoms with Gasteiger partial charge in [0.2, 0.25) is 0 Å². The van der Waals surface area contributed by atoms with E-state index in [2.05, 4.69) is 19.2 Å². The zero-order valence-corrected chi connectivity index (χ0v) is 16.2. The maximum absolute atomic E-state index is 13.1. The Hall–Kier alpha value is -2.36. The van der Waals surface area contributed by atoms with E-state index in [0.29, 0.717) is 12.0 Å². The second-order valence-electron chi connectivity index (χ2n) is 8.29.